The van der Waals surface area contributed by atoms with Crippen LogP contribution in [0.1, 0.15) is 43.7 Å². The van der Waals surface area contributed by atoms with Gasteiger partial charge >= 0.3 is 5.97 Å². The molecule has 1 aliphatic carbocycles. The SMILES string of the molecule is COC(=O)C1=C(N)OC2=C(C(=O)CC(C)(C)C2)[C@H]1c1ccc(OCc2cccc([N+](=O)[O-])c2)c(Br)c1. The molecule has 0 saturated carbocycles. The van der Waals surface area contributed by atoms with E-state index in [1.807, 2.05) is 13.8 Å². The molecule has 1 atom stereocenters. The maximum atomic E-state index is 13.2. The summed E-state index contributed by atoms with van der Waals surface area (Å²) in [4.78, 5) is 36.5. The van der Waals surface area contributed by atoms with Gasteiger partial charge in [-0.2, -0.15) is 0 Å². The summed E-state index contributed by atoms with van der Waals surface area (Å²) in [7, 11) is 1.25. The second kappa shape index (κ2) is 9.77. The van der Waals surface area contributed by atoms with Crippen LogP contribution in [0.2, 0.25) is 0 Å². The highest BCUT2D eigenvalue weighted by molar-refractivity contribution is 9.10. The van der Waals surface area contributed by atoms with E-state index in [-0.39, 0.29) is 34.9 Å². The highest BCUT2D eigenvalue weighted by Gasteiger charge is 2.45. The van der Waals surface area contributed by atoms with Gasteiger partial charge in [-0.1, -0.05) is 32.0 Å². The Hall–Kier alpha value is -3.66. The Labute approximate surface area is 216 Å². The summed E-state index contributed by atoms with van der Waals surface area (Å²) in [5.74, 6) is -0.677. The van der Waals surface area contributed by atoms with Crippen LogP contribution in [0.15, 0.2) is 69.7 Å². The summed E-state index contributed by atoms with van der Waals surface area (Å²) in [5, 5.41) is 11.0. The van der Waals surface area contributed by atoms with Gasteiger partial charge in [-0.3, -0.25) is 14.9 Å². The zero-order valence-electron chi connectivity index (χ0n) is 20.0. The number of nitro benzene ring substituents is 1. The summed E-state index contributed by atoms with van der Waals surface area (Å²) >= 11 is 3.51. The van der Waals surface area contributed by atoms with Crippen molar-refractivity contribution in [3.05, 3.63) is 91.0 Å². The molecule has 2 N–H and O–H groups in total. The van der Waals surface area contributed by atoms with Crippen molar-refractivity contribution in [1.82, 2.24) is 0 Å². The molecule has 2 aromatic carbocycles. The molecular weight excluding hydrogens is 532 g/mol. The van der Waals surface area contributed by atoms with Gasteiger partial charge < -0.3 is 19.9 Å². The minimum atomic E-state index is -0.757. The molecular formula is C26H25BrN2O7. The lowest BCUT2D eigenvalue weighted by atomic mass is 9.70. The molecule has 0 amide bonds. The zero-order valence-corrected chi connectivity index (χ0v) is 21.6. The maximum Gasteiger partial charge on any atom is 0.340 e. The van der Waals surface area contributed by atoms with Crippen LogP contribution in [0.4, 0.5) is 5.69 Å². The highest BCUT2D eigenvalue weighted by Crippen LogP contribution is 2.49. The number of halogens is 1. The fourth-order valence-corrected chi connectivity index (χ4v) is 5.07. The number of hydrogen-bond donors (Lipinski definition) is 1. The van der Waals surface area contributed by atoms with Gasteiger partial charge in [0.1, 0.15) is 23.7 Å². The third kappa shape index (κ3) is 4.99. The number of rotatable bonds is 6. The third-order valence-corrected chi connectivity index (χ3v) is 6.79. The van der Waals surface area contributed by atoms with E-state index < -0.39 is 16.8 Å². The van der Waals surface area contributed by atoms with Gasteiger partial charge in [0.25, 0.3) is 5.69 Å². The quantitative estimate of drug-likeness (QED) is 0.297. The molecule has 2 aromatic rings. The van der Waals surface area contributed by atoms with Crippen LogP contribution in [0, 0.1) is 15.5 Å². The van der Waals surface area contributed by atoms with E-state index >= 15 is 0 Å². The molecule has 10 heteroatoms. The average Bonchev–Trinajstić information content (AvgIpc) is 2.81. The molecule has 9 nitrogen and oxygen atoms in total. The van der Waals surface area contributed by atoms with Crippen molar-refractivity contribution in [2.24, 2.45) is 11.1 Å². The molecule has 36 heavy (non-hydrogen) atoms. The number of non-ortho nitro benzene ring substituents is 1. The summed E-state index contributed by atoms with van der Waals surface area (Å²) in [6.45, 7) is 4.07. The van der Waals surface area contributed by atoms with E-state index in [1.54, 1.807) is 30.3 Å². The fourth-order valence-electron chi connectivity index (χ4n) is 4.56. The van der Waals surface area contributed by atoms with Crippen molar-refractivity contribution in [2.75, 3.05) is 7.11 Å². The number of nitrogens with two attached hydrogens (primary N) is 1. The van der Waals surface area contributed by atoms with Crippen molar-refractivity contribution in [1.29, 1.82) is 0 Å². The number of nitrogens with zero attached hydrogens (tertiary/aromatic N) is 1. The monoisotopic (exact) mass is 556 g/mol. The minimum Gasteiger partial charge on any atom is -0.488 e. The molecule has 0 spiro atoms. The Kier molecular flexibility index (Phi) is 6.90. The Bertz CT molecular complexity index is 1330. The number of carbonyl (C=O) groups excluding carboxylic acids is 2. The number of carbonyl (C=O) groups is 2. The smallest absolute Gasteiger partial charge is 0.340 e. The first-order valence-corrected chi connectivity index (χ1v) is 12.0. The first kappa shape index (κ1) is 25.4. The van der Waals surface area contributed by atoms with Crippen molar-refractivity contribution in [3.8, 4) is 5.75 Å². The minimum absolute atomic E-state index is 0.0193. The van der Waals surface area contributed by atoms with Crippen LogP contribution in [-0.4, -0.2) is 23.8 Å². The molecule has 188 valence electrons. The topological polar surface area (TPSA) is 131 Å². The van der Waals surface area contributed by atoms with Crippen molar-refractivity contribution in [2.45, 2.75) is 39.2 Å². The van der Waals surface area contributed by atoms with E-state index in [1.165, 1.54) is 19.2 Å². The Morgan fingerprint density at radius 3 is 2.67 bits per heavy atom. The lowest BCUT2D eigenvalue weighted by molar-refractivity contribution is -0.384. The molecule has 0 radical (unpaired) electrons. The molecule has 2 aliphatic rings. The van der Waals surface area contributed by atoms with E-state index in [0.717, 1.165) is 0 Å². The molecule has 0 fully saturated rings. The second-order valence-electron chi connectivity index (χ2n) is 9.49. The number of allylic oxidation sites excluding steroid dienone is 2. The predicted molar refractivity (Wildman–Crippen MR) is 134 cm³/mol. The van der Waals surface area contributed by atoms with Gasteiger partial charge in [0.05, 0.1) is 22.4 Å². The van der Waals surface area contributed by atoms with Gasteiger partial charge in [-0.25, -0.2) is 4.79 Å². The normalized spacial score (nSPS) is 18.9. The Morgan fingerprint density at radius 1 is 1.25 bits per heavy atom. The number of Topliss-reactive ketones (excluding diaryl/α,β-unsaturated/α-hetero) is 1. The largest absolute Gasteiger partial charge is 0.488 e. The van der Waals surface area contributed by atoms with Crippen LogP contribution in [-0.2, 0) is 25.7 Å². The fraction of sp³-hybridized carbons (Fsp3) is 0.308. The summed E-state index contributed by atoms with van der Waals surface area (Å²) in [5.41, 5.74) is 7.60. The molecule has 0 unspecified atom stereocenters. The molecule has 0 saturated heterocycles. The van der Waals surface area contributed by atoms with Crippen LogP contribution in [0.3, 0.4) is 0 Å². The number of hydrogen-bond acceptors (Lipinski definition) is 8. The molecule has 1 heterocycles. The summed E-state index contributed by atoms with van der Waals surface area (Å²) < 4.78 is 17.2. The number of benzene rings is 2. The van der Waals surface area contributed by atoms with Crippen molar-refractivity contribution < 1.29 is 28.7 Å². The third-order valence-electron chi connectivity index (χ3n) is 6.17. The van der Waals surface area contributed by atoms with Crippen LogP contribution >= 0.6 is 15.9 Å². The first-order valence-electron chi connectivity index (χ1n) is 11.2. The number of methoxy groups -OCH3 is 1. The van der Waals surface area contributed by atoms with Gasteiger partial charge in [-0.15, -0.1) is 0 Å². The number of ether oxygens (including phenoxy) is 3. The van der Waals surface area contributed by atoms with Gasteiger partial charge in [0.15, 0.2) is 5.78 Å². The number of ketones is 1. The Balaban J connectivity index is 1.68. The summed E-state index contributed by atoms with van der Waals surface area (Å²) in [6.07, 6.45) is 0.816. The summed E-state index contributed by atoms with van der Waals surface area (Å²) in [6, 6.07) is 11.4. The van der Waals surface area contributed by atoms with Gasteiger partial charge in [-0.05, 0) is 44.6 Å². The highest BCUT2D eigenvalue weighted by atomic mass is 79.9. The maximum absolute atomic E-state index is 13.2. The van der Waals surface area contributed by atoms with Gasteiger partial charge in [0, 0.05) is 30.5 Å². The predicted octanol–water partition coefficient (Wildman–Crippen LogP) is 5.04. The lowest BCUT2D eigenvalue weighted by Crippen LogP contribution is -2.35. The van der Waals surface area contributed by atoms with E-state index in [4.69, 9.17) is 19.9 Å². The average molecular weight is 557 g/mol. The van der Waals surface area contributed by atoms with E-state index in [0.29, 0.717) is 45.5 Å². The standard InChI is InChI=1S/C26H25BrN2O7/c1-26(2)11-18(30)22-20(12-26)36-24(28)23(25(31)34-3)21(22)15-7-8-19(17(27)10-15)35-13-14-5-4-6-16(9-14)29(32)33/h4-10,21H,11-13,28H2,1-3H3/t21-/m1/s1. The van der Waals surface area contributed by atoms with Crippen LogP contribution < -0.4 is 10.5 Å². The zero-order chi connectivity index (χ0) is 26.2. The lowest BCUT2D eigenvalue weighted by Gasteiger charge is -2.37. The van der Waals surface area contributed by atoms with Crippen LogP contribution in [0.5, 0.6) is 5.75 Å². The van der Waals surface area contributed by atoms with Crippen molar-refractivity contribution >= 4 is 33.4 Å². The number of esters is 1. The molecule has 0 bridgehead atoms. The number of nitro groups is 1. The second-order valence-corrected chi connectivity index (χ2v) is 10.3. The molecule has 4 rings (SSSR count). The van der Waals surface area contributed by atoms with Gasteiger partial charge in [0.2, 0.25) is 5.88 Å². The Morgan fingerprint density at radius 2 is 2.00 bits per heavy atom. The van der Waals surface area contributed by atoms with Crippen LogP contribution in [0.25, 0.3) is 0 Å². The first-order chi connectivity index (χ1) is 17.0. The van der Waals surface area contributed by atoms with E-state index in [9.17, 15) is 19.7 Å². The molecule has 0 aromatic heterocycles. The van der Waals surface area contributed by atoms with Crippen molar-refractivity contribution in [3.63, 3.8) is 0 Å². The molecule has 1 aliphatic heterocycles. The van der Waals surface area contributed by atoms with E-state index in [2.05, 4.69) is 15.9 Å².